The molecule has 0 heterocycles. The Balaban J connectivity index is 1.89. The summed E-state index contributed by atoms with van der Waals surface area (Å²) in [5.74, 6) is 0.956. The first-order chi connectivity index (χ1) is 9.72. The van der Waals surface area contributed by atoms with Crippen LogP contribution in [0.1, 0.15) is 63.9 Å². The Morgan fingerprint density at radius 1 is 1.15 bits per heavy atom. The van der Waals surface area contributed by atoms with Gasteiger partial charge in [-0.15, -0.1) is 0 Å². The van der Waals surface area contributed by atoms with Crippen molar-refractivity contribution in [3.8, 4) is 5.75 Å². The van der Waals surface area contributed by atoms with Crippen LogP contribution in [0.15, 0.2) is 24.3 Å². The van der Waals surface area contributed by atoms with Gasteiger partial charge in [0.05, 0.1) is 12.2 Å². The lowest BCUT2D eigenvalue weighted by atomic mass is 9.88. The number of aliphatic hydroxyl groups is 1. The lowest BCUT2D eigenvalue weighted by Gasteiger charge is -2.26. The fraction of sp³-hybridized carbons (Fsp3) is 0.667. The smallest absolute Gasteiger partial charge is 0.119 e. The molecule has 0 atom stereocenters. The molecule has 0 bridgehead atoms. The molecule has 1 saturated carbocycles. The molecule has 0 radical (unpaired) electrons. The molecule has 1 aliphatic rings. The lowest BCUT2D eigenvalue weighted by molar-refractivity contribution is 0.0167. The number of aryl methyl sites for hydroxylation is 1. The second kappa shape index (κ2) is 7.68. The van der Waals surface area contributed by atoms with Crippen molar-refractivity contribution in [2.45, 2.75) is 70.3 Å². The van der Waals surface area contributed by atoms with Crippen LogP contribution >= 0.6 is 0 Å². The fourth-order valence-corrected chi connectivity index (χ4v) is 3.02. The molecule has 0 aromatic heterocycles. The monoisotopic (exact) mass is 276 g/mol. The quantitative estimate of drug-likeness (QED) is 0.776. The molecule has 0 spiro atoms. The molecule has 20 heavy (non-hydrogen) atoms. The Labute approximate surface area is 123 Å². The van der Waals surface area contributed by atoms with E-state index in [0.29, 0.717) is 0 Å². The highest BCUT2D eigenvalue weighted by Gasteiger charge is 2.27. The van der Waals surface area contributed by atoms with Gasteiger partial charge in [0.2, 0.25) is 0 Å². The Kier molecular flexibility index (Phi) is 5.90. The molecular weight excluding hydrogens is 248 g/mol. The van der Waals surface area contributed by atoms with E-state index in [9.17, 15) is 5.11 Å². The van der Waals surface area contributed by atoms with Gasteiger partial charge in [-0.25, -0.2) is 0 Å². The van der Waals surface area contributed by atoms with Gasteiger partial charge >= 0.3 is 0 Å². The summed E-state index contributed by atoms with van der Waals surface area (Å²) in [5, 5.41) is 10.7. The average molecular weight is 276 g/mol. The van der Waals surface area contributed by atoms with Gasteiger partial charge in [-0.3, -0.25) is 0 Å². The topological polar surface area (TPSA) is 29.5 Å². The van der Waals surface area contributed by atoms with Crippen molar-refractivity contribution in [1.82, 2.24) is 0 Å². The first-order valence-corrected chi connectivity index (χ1v) is 8.16. The molecule has 0 amide bonds. The van der Waals surface area contributed by atoms with Gasteiger partial charge in [0.25, 0.3) is 0 Å². The van der Waals surface area contributed by atoms with Crippen molar-refractivity contribution in [3.63, 3.8) is 0 Å². The molecule has 2 rings (SSSR count). The maximum Gasteiger partial charge on any atom is 0.119 e. The third-order valence-electron chi connectivity index (χ3n) is 4.28. The number of ether oxygens (including phenoxy) is 1. The second-order valence-corrected chi connectivity index (χ2v) is 6.13. The van der Waals surface area contributed by atoms with Gasteiger partial charge in [0.1, 0.15) is 5.75 Å². The Hall–Kier alpha value is -1.02. The van der Waals surface area contributed by atoms with Crippen LogP contribution in [0.5, 0.6) is 5.75 Å². The van der Waals surface area contributed by atoms with E-state index >= 15 is 0 Å². The van der Waals surface area contributed by atoms with E-state index in [-0.39, 0.29) is 0 Å². The normalized spacial score (nSPS) is 18.5. The first-order valence-electron chi connectivity index (χ1n) is 8.16. The standard InChI is InChI=1S/C18H28O2/c1-2-14-20-17-9-7-8-16(15-17)10-13-18(19)11-5-3-4-6-12-18/h7-9,15,19H,2-6,10-14H2,1H3. The zero-order valence-electron chi connectivity index (χ0n) is 12.7. The third-order valence-corrected chi connectivity index (χ3v) is 4.28. The number of rotatable bonds is 6. The molecule has 1 aliphatic carbocycles. The van der Waals surface area contributed by atoms with Crippen LogP contribution in [0.25, 0.3) is 0 Å². The minimum absolute atomic E-state index is 0.434. The highest BCUT2D eigenvalue weighted by Crippen LogP contribution is 2.31. The molecule has 1 aromatic rings. The van der Waals surface area contributed by atoms with Crippen LogP contribution in [0.3, 0.4) is 0 Å². The van der Waals surface area contributed by atoms with Crippen LogP contribution in [-0.4, -0.2) is 17.3 Å². The van der Waals surface area contributed by atoms with Gasteiger partial charge in [0, 0.05) is 0 Å². The zero-order valence-corrected chi connectivity index (χ0v) is 12.7. The summed E-state index contributed by atoms with van der Waals surface area (Å²) in [6, 6.07) is 8.32. The highest BCUT2D eigenvalue weighted by molar-refractivity contribution is 5.28. The van der Waals surface area contributed by atoms with Crippen LogP contribution < -0.4 is 4.74 Å². The van der Waals surface area contributed by atoms with Crippen molar-refractivity contribution in [2.75, 3.05) is 6.61 Å². The minimum atomic E-state index is -0.434. The van der Waals surface area contributed by atoms with Crippen molar-refractivity contribution < 1.29 is 9.84 Å². The minimum Gasteiger partial charge on any atom is -0.494 e. The summed E-state index contributed by atoms with van der Waals surface area (Å²) in [6.45, 7) is 2.89. The van der Waals surface area contributed by atoms with Gasteiger partial charge in [-0.05, 0) is 49.8 Å². The second-order valence-electron chi connectivity index (χ2n) is 6.13. The van der Waals surface area contributed by atoms with Crippen molar-refractivity contribution in [3.05, 3.63) is 29.8 Å². The molecule has 2 nitrogen and oxygen atoms in total. The summed E-state index contributed by atoms with van der Waals surface area (Å²) in [4.78, 5) is 0. The van der Waals surface area contributed by atoms with E-state index in [1.54, 1.807) is 0 Å². The van der Waals surface area contributed by atoms with E-state index in [2.05, 4.69) is 25.1 Å². The van der Waals surface area contributed by atoms with Crippen molar-refractivity contribution in [2.24, 2.45) is 0 Å². The first kappa shape index (κ1) is 15.4. The molecular formula is C18H28O2. The zero-order chi connectivity index (χ0) is 14.3. The van der Waals surface area contributed by atoms with Crippen molar-refractivity contribution >= 4 is 0 Å². The van der Waals surface area contributed by atoms with Crippen molar-refractivity contribution in [1.29, 1.82) is 0 Å². The van der Waals surface area contributed by atoms with E-state index in [1.165, 1.54) is 31.2 Å². The van der Waals surface area contributed by atoms with E-state index in [1.807, 2.05) is 6.07 Å². The van der Waals surface area contributed by atoms with E-state index < -0.39 is 5.60 Å². The summed E-state index contributed by atoms with van der Waals surface area (Å²) >= 11 is 0. The summed E-state index contributed by atoms with van der Waals surface area (Å²) in [5.41, 5.74) is 0.841. The molecule has 0 aliphatic heterocycles. The number of benzene rings is 1. The summed E-state index contributed by atoms with van der Waals surface area (Å²) in [7, 11) is 0. The molecule has 0 saturated heterocycles. The van der Waals surface area contributed by atoms with Crippen LogP contribution in [0, 0.1) is 0 Å². The maximum absolute atomic E-state index is 10.7. The molecule has 1 fully saturated rings. The van der Waals surface area contributed by atoms with E-state index in [4.69, 9.17) is 4.74 Å². The Morgan fingerprint density at radius 2 is 1.90 bits per heavy atom. The lowest BCUT2D eigenvalue weighted by Crippen LogP contribution is -2.28. The fourth-order valence-electron chi connectivity index (χ4n) is 3.02. The predicted octanol–water partition coefficient (Wildman–Crippen LogP) is 4.49. The molecule has 1 N–H and O–H groups in total. The van der Waals surface area contributed by atoms with Gasteiger partial charge in [-0.1, -0.05) is 44.7 Å². The Bertz CT molecular complexity index is 392. The largest absolute Gasteiger partial charge is 0.494 e. The maximum atomic E-state index is 10.7. The highest BCUT2D eigenvalue weighted by atomic mass is 16.5. The molecule has 0 unspecified atom stereocenters. The third kappa shape index (κ3) is 4.82. The summed E-state index contributed by atoms with van der Waals surface area (Å²) < 4.78 is 5.67. The SMILES string of the molecule is CCCOc1cccc(CCC2(O)CCCCCC2)c1. The van der Waals surface area contributed by atoms with E-state index in [0.717, 1.165) is 44.5 Å². The average Bonchev–Trinajstić information content (AvgIpc) is 2.69. The molecule has 1 aromatic carbocycles. The Morgan fingerprint density at radius 3 is 2.60 bits per heavy atom. The van der Waals surface area contributed by atoms with Gasteiger partial charge in [0.15, 0.2) is 0 Å². The predicted molar refractivity (Wildman–Crippen MR) is 83.2 cm³/mol. The number of hydrogen-bond donors (Lipinski definition) is 1. The van der Waals surface area contributed by atoms with Gasteiger partial charge in [-0.2, -0.15) is 0 Å². The number of hydrogen-bond acceptors (Lipinski definition) is 2. The van der Waals surface area contributed by atoms with Gasteiger partial charge < -0.3 is 9.84 Å². The van der Waals surface area contributed by atoms with Crippen LogP contribution in [0.2, 0.25) is 0 Å². The summed E-state index contributed by atoms with van der Waals surface area (Å²) in [6.07, 6.45) is 9.71. The van der Waals surface area contributed by atoms with Crippen LogP contribution in [-0.2, 0) is 6.42 Å². The van der Waals surface area contributed by atoms with Crippen LogP contribution in [0.4, 0.5) is 0 Å². The molecule has 112 valence electrons. The molecule has 2 heteroatoms.